The number of hydrogen-bond acceptors (Lipinski definition) is 4. The van der Waals surface area contributed by atoms with Gasteiger partial charge in [-0.2, -0.15) is 0 Å². The van der Waals surface area contributed by atoms with Crippen molar-refractivity contribution in [2.75, 3.05) is 9.80 Å². The zero-order valence-corrected chi connectivity index (χ0v) is 39.8. The van der Waals surface area contributed by atoms with Gasteiger partial charge in [0, 0.05) is 52.5 Å². The average molecular weight is 885 g/mol. The van der Waals surface area contributed by atoms with Crippen LogP contribution in [0.3, 0.4) is 0 Å². The van der Waals surface area contributed by atoms with Crippen LogP contribution < -0.4 is 24.8 Å². The van der Waals surface area contributed by atoms with Crippen molar-refractivity contribution >= 4 is 131 Å². The van der Waals surface area contributed by atoms with Crippen molar-refractivity contribution in [3.63, 3.8) is 0 Å². The zero-order chi connectivity index (χ0) is 44.5. The number of rotatable bonds is 6. The van der Waals surface area contributed by atoms with Crippen LogP contribution in [0.15, 0.2) is 170 Å². The summed E-state index contributed by atoms with van der Waals surface area (Å²) in [5.41, 5.74) is 15.5. The van der Waals surface area contributed by atoms with Crippen LogP contribution in [0.5, 0.6) is 0 Å². The Kier molecular flexibility index (Phi) is 8.98. The van der Waals surface area contributed by atoms with Crippen LogP contribution in [0.25, 0.3) is 63.6 Å². The summed E-state index contributed by atoms with van der Waals surface area (Å²) in [6, 6.07) is 65.0. The molecule has 0 spiro atoms. The maximum absolute atomic E-state index is 2.60. The van der Waals surface area contributed by atoms with E-state index in [9.17, 15) is 0 Å². The van der Waals surface area contributed by atoms with Crippen molar-refractivity contribution in [1.29, 1.82) is 0 Å². The summed E-state index contributed by atoms with van der Waals surface area (Å²) >= 11 is 3.98. The molecule has 0 aliphatic carbocycles. The second-order valence-corrected chi connectivity index (χ2v) is 21.6. The fraction of sp³-hybridized carbons (Fsp3) is 0.148. The van der Waals surface area contributed by atoms with E-state index < -0.39 is 0 Å². The zero-order valence-electron chi connectivity index (χ0n) is 38.2. The summed E-state index contributed by atoms with van der Waals surface area (Å²) in [6.45, 7) is 13.9. The lowest BCUT2D eigenvalue weighted by Gasteiger charge is -2.42. The third kappa shape index (κ3) is 5.85. The van der Waals surface area contributed by atoms with Gasteiger partial charge in [-0.1, -0.05) is 145 Å². The SMILES string of the molecule is CC(C)c1ccc(N2c3cccc4c3B(c3sc5ccc(C(C)C)cc5c3N4c3ccc(-c4ccc5c6ccccc6c6ccccc6c5c4)cc3)c3sc4ccc(C(C)C)cc4c32)cc1. The molecule has 2 aliphatic heterocycles. The van der Waals surface area contributed by atoms with Gasteiger partial charge in [-0.25, -0.2) is 0 Å². The molecule has 13 rings (SSSR count). The fourth-order valence-corrected chi connectivity index (χ4v) is 13.8. The Balaban J connectivity index is 1.03. The van der Waals surface area contributed by atoms with Gasteiger partial charge in [-0.3, -0.25) is 0 Å². The second kappa shape index (κ2) is 14.9. The highest BCUT2D eigenvalue weighted by Gasteiger charge is 2.47. The molecule has 0 bridgehead atoms. The summed E-state index contributed by atoms with van der Waals surface area (Å²) in [5.74, 6) is 1.32. The molecular weight excluding hydrogens is 836 g/mol. The van der Waals surface area contributed by atoms with Crippen molar-refractivity contribution in [1.82, 2.24) is 0 Å². The smallest absolute Gasteiger partial charge is 0.277 e. The number of thiophene rings is 2. The third-order valence-electron chi connectivity index (χ3n) is 14.6. The fourth-order valence-electron chi connectivity index (χ4n) is 11.1. The molecule has 11 aromatic rings. The van der Waals surface area contributed by atoms with Crippen molar-refractivity contribution in [3.8, 4) is 11.1 Å². The largest absolute Gasteiger partial charge is 0.310 e. The first-order valence-electron chi connectivity index (χ1n) is 23.6. The lowest BCUT2D eigenvalue weighted by atomic mass is 9.39. The Morgan fingerprint density at radius 3 is 1.27 bits per heavy atom. The van der Waals surface area contributed by atoms with E-state index in [1.807, 2.05) is 22.7 Å². The summed E-state index contributed by atoms with van der Waals surface area (Å²) in [5, 5.41) is 10.5. The van der Waals surface area contributed by atoms with E-state index in [1.165, 1.54) is 129 Å². The third-order valence-corrected chi connectivity index (χ3v) is 17.0. The minimum absolute atomic E-state index is 0.103. The number of nitrogens with zero attached hydrogens (tertiary/aromatic N) is 2. The molecule has 9 aromatic carbocycles. The van der Waals surface area contributed by atoms with E-state index in [0.29, 0.717) is 17.8 Å². The molecule has 2 aliphatic rings. The predicted molar refractivity (Wildman–Crippen MR) is 291 cm³/mol. The van der Waals surface area contributed by atoms with Crippen molar-refractivity contribution in [3.05, 3.63) is 187 Å². The van der Waals surface area contributed by atoms with Crippen LogP contribution in [0, 0.1) is 0 Å². The molecule has 0 amide bonds. The lowest BCUT2D eigenvalue weighted by Crippen LogP contribution is -2.59. The first-order chi connectivity index (χ1) is 32.2. The minimum atomic E-state index is 0.103. The number of benzene rings is 9. The summed E-state index contributed by atoms with van der Waals surface area (Å²) in [6.07, 6.45) is 0. The van der Waals surface area contributed by atoms with Gasteiger partial charge < -0.3 is 9.80 Å². The van der Waals surface area contributed by atoms with Gasteiger partial charge in [-0.05, 0) is 150 Å². The Bertz CT molecular complexity index is 3730. The number of anilines is 6. The minimum Gasteiger partial charge on any atom is -0.310 e. The quantitative estimate of drug-likeness (QED) is 0.121. The molecule has 0 N–H and O–H groups in total. The molecular formula is C61H49BN2S2. The molecule has 2 aromatic heterocycles. The highest BCUT2D eigenvalue weighted by atomic mass is 32.1. The highest BCUT2D eigenvalue weighted by Crippen LogP contribution is 2.51. The summed E-state index contributed by atoms with van der Waals surface area (Å²) < 4.78 is 5.55. The molecule has 318 valence electrons. The Morgan fingerprint density at radius 2 is 0.788 bits per heavy atom. The van der Waals surface area contributed by atoms with Crippen LogP contribution in [0.4, 0.5) is 34.1 Å². The van der Waals surface area contributed by atoms with E-state index in [4.69, 9.17) is 0 Å². The Morgan fingerprint density at radius 1 is 0.364 bits per heavy atom. The molecule has 66 heavy (non-hydrogen) atoms. The van der Waals surface area contributed by atoms with Crippen molar-refractivity contribution < 1.29 is 0 Å². The maximum atomic E-state index is 2.60. The molecule has 0 radical (unpaired) electrons. The van der Waals surface area contributed by atoms with Gasteiger partial charge in [0.2, 0.25) is 0 Å². The Hall–Kier alpha value is -6.66. The van der Waals surface area contributed by atoms with E-state index in [0.717, 1.165) is 0 Å². The maximum Gasteiger partial charge on any atom is 0.277 e. The highest BCUT2D eigenvalue weighted by molar-refractivity contribution is 7.40. The van der Waals surface area contributed by atoms with Crippen LogP contribution in [-0.2, 0) is 0 Å². The van der Waals surface area contributed by atoms with Gasteiger partial charge in [0.15, 0.2) is 0 Å². The lowest BCUT2D eigenvalue weighted by molar-refractivity contribution is 0.866. The second-order valence-electron chi connectivity index (χ2n) is 19.4. The van der Waals surface area contributed by atoms with E-state index >= 15 is 0 Å². The number of hydrogen-bond donors (Lipinski definition) is 0. The monoisotopic (exact) mass is 884 g/mol. The van der Waals surface area contributed by atoms with Gasteiger partial charge in [0.1, 0.15) is 0 Å². The predicted octanol–water partition coefficient (Wildman–Crippen LogP) is 16.7. The normalized spacial score (nSPS) is 13.3. The first kappa shape index (κ1) is 39.7. The van der Waals surface area contributed by atoms with Crippen molar-refractivity contribution in [2.24, 2.45) is 0 Å². The van der Waals surface area contributed by atoms with Crippen LogP contribution in [-0.4, -0.2) is 6.71 Å². The number of fused-ring (bicyclic) bond motifs is 14. The standard InChI is InChI=1S/C61H49BN2S2/c1-35(2)38-18-25-43(26-19-38)63-53-16-11-17-54-57(53)62(60-58(63)51-32-40(36(3)4)23-30-55(51)65-60)61-59(52-33-41(37(5)6)24-31-56(52)66-61)64(54)44-27-20-39(21-28-44)42-22-29-49-47-14-8-7-12-45(47)46-13-9-10-15-48(46)50(49)34-42/h7-37H,1-6H3. The van der Waals surface area contributed by atoms with Gasteiger partial charge in [-0.15, -0.1) is 22.7 Å². The molecule has 4 heterocycles. The van der Waals surface area contributed by atoms with Crippen LogP contribution in [0.1, 0.15) is 76.0 Å². The molecule has 0 atom stereocenters. The Labute approximate surface area is 395 Å². The summed E-state index contributed by atoms with van der Waals surface area (Å²) in [7, 11) is 0. The average Bonchev–Trinajstić information content (AvgIpc) is 3.92. The van der Waals surface area contributed by atoms with Gasteiger partial charge >= 0.3 is 0 Å². The molecule has 0 unspecified atom stereocenters. The van der Waals surface area contributed by atoms with E-state index in [2.05, 4.69) is 221 Å². The first-order valence-corrected chi connectivity index (χ1v) is 25.2. The van der Waals surface area contributed by atoms with E-state index in [-0.39, 0.29) is 6.71 Å². The van der Waals surface area contributed by atoms with Crippen LogP contribution in [0.2, 0.25) is 0 Å². The van der Waals surface area contributed by atoms with Crippen molar-refractivity contribution in [2.45, 2.75) is 59.3 Å². The van der Waals surface area contributed by atoms with E-state index in [1.54, 1.807) is 0 Å². The molecule has 0 fully saturated rings. The topological polar surface area (TPSA) is 6.48 Å². The molecule has 0 saturated carbocycles. The molecule has 2 nitrogen and oxygen atoms in total. The van der Waals surface area contributed by atoms with Gasteiger partial charge in [0.25, 0.3) is 6.71 Å². The van der Waals surface area contributed by atoms with Crippen LogP contribution >= 0.6 is 22.7 Å². The summed E-state index contributed by atoms with van der Waals surface area (Å²) in [4.78, 5) is 5.20. The van der Waals surface area contributed by atoms with Gasteiger partial charge in [0.05, 0.1) is 11.4 Å². The molecule has 0 saturated heterocycles. The molecule has 5 heteroatoms.